The maximum atomic E-state index is 12.2. The number of aromatic nitrogens is 1. The lowest BCUT2D eigenvalue weighted by Gasteiger charge is -2.11. The molecule has 0 atom stereocenters. The zero-order chi connectivity index (χ0) is 22.9. The van der Waals surface area contributed by atoms with Crippen LogP contribution >= 0.6 is 0 Å². The molecule has 4 aromatic rings. The van der Waals surface area contributed by atoms with Crippen molar-refractivity contribution in [3.63, 3.8) is 0 Å². The van der Waals surface area contributed by atoms with Gasteiger partial charge in [0.05, 0.1) is 21.1 Å². The molecule has 0 saturated heterocycles. The number of para-hydroxylation sites is 1. The number of nitrogens with zero attached hydrogens (tertiary/aromatic N) is 1. The van der Waals surface area contributed by atoms with Crippen LogP contribution in [0.15, 0.2) is 88.8 Å². The largest absolute Gasteiger partial charge is 0.457 e. The summed E-state index contributed by atoms with van der Waals surface area (Å²) in [7, 11) is -6.69. The molecular formula is C24H21NO5S2. The number of fused-ring (bicyclic) bond motifs is 1. The van der Waals surface area contributed by atoms with E-state index >= 15 is 0 Å². The molecule has 0 amide bonds. The molecule has 0 saturated carbocycles. The molecule has 0 fully saturated rings. The summed E-state index contributed by atoms with van der Waals surface area (Å²) in [4.78, 5) is 4.74. The molecule has 0 N–H and O–H groups in total. The highest BCUT2D eigenvalue weighted by Crippen LogP contribution is 2.33. The lowest BCUT2D eigenvalue weighted by Crippen LogP contribution is -2.03. The van der Waals surface area contributed by atoms with E-state index in [0.29, 0.717) is 17.0 Å². The van der Waals surface area contributed by atoms with Gasteiger partial charge in [0.2, 0.25) is 0 Å². The SMILES string of the molecule is CCS(=O)(=O)c1ccc(Oc2cccc(-c3ccnc4c(S(C)(=O)=O)cccc34)c2)cc1. The summed E-state index contributed by atoms with van der Waals surface area (Å²) in [5.41, 5.74) is 2.09. The van der Waals surface area contributed by atoms with E-state index in [1.54, 1.807) is 43.5 Å². The summed E-state index contributed by atoms with van der Waals surface area (Å²) in [6.45, 7) is 1.60. The zero-order valence-corrected chi connectivity index (χ0v) is 19.2. The average Bonchev–Trinajstić information content (AvgIpc) is 2.78. The van der Waals surface area contributed by atoms with Crippen LogP contribution in [-0.4, -0.2) is 33.8 Å². The molecule has 4 rings (SSSR count). The van der Waals surface area contributed by atoms with Gasteiger partial charge in [-0.15, -0.1) is 0 Å². The number of hydrogen-bond donors (Lipinski definition) is 0. The van der Waals surface area contributed by atoms with E-state index in [4.69, 9.17) is 4.74 Å². The van der Waals surface area contributed by atoms with Crippen LogP contribution in [0.25, 0.3) is 22.0 Å². The molecule has 32 heavy (non-hydrogen) atoms. The fraction of sp³-hybridized carbons (Fsp3) is 0.125. The molecule has 0 bridgehead atoms. The van der Waals surface area contributed by atoms with E-state index in [-0.39, 0.29) is 15.5 Å². The number of ether oxygens (including phenoxy) is 1. The van der Waals surface area contributed by atoms with Crippen LogP contribution in [0.2, 0.25) is 0 Å². The van der Waals surface area contributed by atoms with Crippen molar-refractivity contribution in [3.05, 3.63) is 79.0 Å². The van der Waals surface area contributed by atoms with Crippen LogP contribution in [0.4, 0.5) is 0 Å². The summed E-state index contributed by atoms with van der Waals surface area (Å²) < 4.78 is 54.2. The van der Waals surface area contributed by atoms with Gasteiger partial charge in [0.1, 0.15) is 11.5 Å². The minimum absolute atomic E-state index is 0.0379. The minimum atomic E-state index is -3.42. The number of rotatable bonds is 6. The van der Waals surface area contributed by atoms with Crippen molar-refractivity contribution < 1.29 is 21.6 Å². The predicted molar refractivity (Wildman–Crippen MR) is 125 cm³/mol. The van der Waals surface area contributed by atoms with Crippen molar-refractivity contribution in [3.8, 4) is 22.6 Å². The highest BCUT2D eigenvalue weighted by atomic mass is 32.2. The smallest absolute Gasteiger partial charge is 0.178 e. The van der Waals surface area contributed by atoms with Gasteiger partial charge in [-0.3, -0.25) is 4.98 Å². The molecule has 0 spiro atoms. The second kappa shape index (κ2) is 8.37. The van der Waals surface area contributed by atoms with Gasteiger partial charge in [-0.05, 0) is 59.7 Å². The Labute approximate surface area is 187 Å². The van der Waals surface area contributed by atoms with Gasteiger partial charge in [0.15, 0.2) is 19.7 Å². The summed E-state index contributed by atoms with van der Waals surface area (Å²) in [6, 6.07) is 20.6. The monoisotopic (exact) mass is 467 g/mol. The molecule has 6 nitrogen and oxygen atoms in total. The number of pyridine rings is 1. The molecule has 1 aromatic heterocycles. The number of sulfone groups is 2. The third-order valence-electron chi connectivity index (χ3n) is 5.08. The maximum absolute atomic E-state index is 12.2. The summed E-state index contributed by atoms with van der Waals surface area (Å²) in [5, 5.41) is 0.724. The van der Waals surface area contributed by atoms with E-state index < -0.39 is 19.7 Å². The van der Waals surface area contributed by atoms with Gasteiger partial charge in [-0.1, -0.05) is 31.2 Å². The van der Waals surface area contributed by atoms with Crippen molar-refractivity contribution in [2.45, 2.75) is 16.7 Å². The second-order valence-electron chi connectivity index (χ2n) is 7.29. The Morgan fingerprint density at radius 2 is 1.56 bits per heavy atom. The first kappa shape index (κ1) is 22.0. The van der Waals surface area contributed by atoms with Crippen LogP contribution in [0.1, 0.15) is 6.92 Å². The first-order valence-corrected chi connectivity index (χ1v) is 13.4. The number of hydrogen-bond acceptors (Lipinski definition) is 6. The van der Waals surface area contributed by atoms with Crippen LogP contribution in [-0.2, 0) is 19.7 Å². The van der Waals surface area contributed by atoms with Gasteiger partial charge in [-0.2, -0.15) is 0 Å². The lowest BCUT2D eigenvalue weighted by molar-refractivity contribution is 0.482. The molecule has 8 heteroatoms. The minimum Gasteiger partial charge on any atom is -0.457 e. The standard InChI is InChI=1S/C24H21NO5S2/c1-3-32(28,29)20-12-10-18(11-13-20)30-19-7-4-6-17(16-19)21-14-15-25-24-22(21)8-5-9-23(24)31(2,26)27/h4-16H,3H2,1-2H3. The fourth-order valence-electron chi connectivity index (χ4n) is 3.44. The van der Waals surface area contributed by atoms with Gasteiger partial charge in [-0.25, -0.2) is 16.8 Å². The van der Waals surface area contributed by atoms with Crippen molar-refractivity contribution in [1.82, 2.24) is 4.98 Å². The Balaban J connectivity index is 1.71. The van der Waals surface area contributed by atoms with E-state index in [1.165, 1.54) is 18.4 Å². The molecular weight excluding hydrogens is 446 g/mol. The lowest BCUT2D eigenvalue weighted by atomic mass is 10.0. The molecule has 0 radical (unpaired) electrons. The summed E-state index contributed by atoms with van der Waals surface area (Å²) in [6.07, 6.45) is 2.76. The molecule has 0 aliphatic carbocycles. The predicted octanol–water partition coefficient (Wildman–Crippen LogP) is 4.89. The van der Waals surface area contributed by atoms with Crippen molar-refractivity contribution in [2.24, 2.45) is 0 Å². The quantitative estimate of drug-likeness (QED) is 0.401. The Bertz CT molecular complexity index is 1510. The average molecular weight is 468 g/mol. The molecule has 0 unspecified atom stereocenters. The van der Waals surface area contributed by atoms with E-state index in [2.05, 4.69) is 4.98 Å². The highest BCUT2D eigenvalue weighted by Gasteiger charge is 2.15. The van der Waals surface area contributed by atoms with Crippen molar-refractivity contribution in [1.29, 1.82) is 0 Å². The first-order chi connectivity index (χ1) is 15.2. The van der Waals surface area contributed by atoms with Gasteiger partial charge in [0.25, 0.3) is 0 Å². The molecule has 1 heterocycles. The van der Waals surface area contributed by atoms with Gasteiger partial charge >= 0.3 is 0 Å². The van der Waals surface area contributed by atoms with E-state index in [0.717, 1.165) is 16.5 Å². The van der Waals surface area contributed by atoms with Gasteiger partial charge in [0, 0.05) is 17.8 Å². The molecule has 164 valence electrons. The summed E-state index contributed by atoms with van der Waals surface area (Å²) in [5.74, 6) is 1.12. The Hall–Kier alpha value is -3.23. The summed E-state index contributed by atoms with van der Waals surface area (Å²) >= 11 is 0. The normalized spacial score (nSPS) is 12.1. The van der Waals surface area contributed by atoms with Crippen LogP contribution in [0.3, 0.4) is 0 Å². The Morgan fingerprint density at radius 3 is 2.25 bits per heavy atom. The maximum Gasteiger partial charge on any atom is 0.178 e. The Kier molecular flexibility index (Phi) is 5.75. The number of benzene rings is 3. The zero-order valence-electron chi connectivity index (χ0n) is 17.5. The first-order valence-electron chi connectivity index (χ1n) is 9.88. The van der Waals surface area contributed by atoms with E-state index in [1.807, 2.05) is 30.3 Å². The van der Waals surface area contributed by atoms with Crippen LogP contribution < -0.4 is 4.74 Å². The van der Waals surface area contributed by atoms with Crippen LogP contribution in [0, 0.1) is 0 Å². The second-order valence-corrected chi connectivity index (χ2v) is 11.6. The van der Waals surface area contributed by atoms with Gasteiger partial charge < -0.3 is 4.74 Å². The van der Waals surface area contributed by atoms with Crippen molar-refractivity contribution in [2.75, 3.05) is 12.0 Å². The topological polar surface area (TPSA) is 90.4 Å². The molecule has 3 aromatic carbocycles. The van der Waals surface area contributed by atoms with Crippen LogP contribution in [0.5, 0.6) is 11.5 Å². The third-order valence-corrected chi connectivity index (χ3v) is 7.96. The Morgan fingerprint density at radius 1 is 0.844 bits per heavy atom. The molecule has 0 aliphatic rings. The third kappa shape index (κ3) is 4.37. The van der Waals surface area contributed by atoms with Crippen molar-refractivity contribution >= 4 is 30.6 Å². The highest BCUT2D eigenvalue weighted by molar-refractivity contribution is 7.91. The fourth-order valence-corrected chi connectivity index (χ4v) is 5.17. The van der Waals surface area contributed by atoms with E-state index in [9.17, 15) is 16.8 Å². The molecule has 0 aliphatic heterocycles.